The summed E-state index contributed by atoms with van der Waals surface area (Å²) in [7, 11) is 0. The van der Waals surface area contributed by atoms with Gasteiger partial charge in [0.2, 0.25) is 0 Å². The van der Waals surface area contributed by atoms with E-state index in [2.05, 4.69) is 10.6 Å². The van der Waals surface area contributed by atoms with Crippen LogP contribution in [0.25, 0.3) is 0 Å². The monoisotopic (exact) mass is 234 g/mol. The molecule has 0 spiro atoms. The molecule has 2 atom stereocenters. The van der Waals surface area contributed by atoms with Crippen molar-refractivity contribution in [2.24, 2.45) is 0 Å². The molecular weight excluding hydrogens is 215 g/mol. The molecular formula is C14H19FN2. The summed E-state index contributed by atoms with van der Waals surface area (Å²) >= 11 is 0. The van der Waals surface area contributed by atoms with Gasteiger partial charge in [-0.05, 0) is 31.5 Å². The predicted octanol–water partition coefficient (Wildman–Crippen LogP) is 1.97. The highest BCUT2D eigenvalue weighted by Gasteiger charge is 2.57. The van der Waals surface area contributed by atoms with Crippen molar-refractivity contribution in [3.05, 3.63) is 35.9 Å². The molecule has 2 fully saturated rings. The molecule has 92 valence electrons. The van der Waals surface area contributed by atoms with Crippen molar-refractivity contribution in [2.45, 2.75) is 37.0 Å². The number of hydrogen-bond donors (Lipinski definition) is 2. The zero-order valence-corrected chi connectivity index (χ0v) is 9.95. The van der Waals surface area contributed by atoms with Crippen molar-refractivity contribution in [3.8, 4) is 0 Å². The smallest absolute Gasteiger partial charge is 0.152 e. The van der Waals surface area contributed by atoms with Gasteiger partial charge >= 0.3 is 0 Å². The number of benzene rings is 1. The van der Waals surface area contributed by atoms with Gasteiger partial charge in [0.05, 0.1) is 0 Å². The average Bonchev–Trinajstić information content (AvgIpc) is 3.04. The van der Waals surface area contributed by atoms with E-state index in [-0.39, 0.29) is 6.04 Å². The molecule has 1 aromatic rings. The van der Waals surface area contributed by atoms with Crippen LogP contribution in [0.2, 0.25) is 0 Å². The van der Waals surface area contributed by atoms with Crippen LogP contribution >= 0.6 is 0 Å². The van der Waals surface area contributed by atoms with Gasteiger partial charge in [-0.25, -0.2) is 4.39 Å². The lowest BCUT2D eigenvalue weighted by Crippen LogP contribution is -2.42. The summed E-state index contributed by atoms with van der Waals surface area (Å²) in [4.78, 5) is 0. The molecule has 0 amide bonds. The van der Waals surface area contributed by atoms with E-state index < -0.39 is 5.67 Å². The molecule has 0 aromatic heterocycles. The van der Waals surface area contributed by atoms with Crippen molar-refractivity contribution < 1.29 is 4.39 Å². The third-order valence-electron chi connectivity index (χ3n) is 3.92. The molecule has 2 nitrogen and oxygen atoms in total. The first-order valence-electron chi connectivity index (χ1n) is 6.50. The van der Waals surface area contributed by atoms with Gasteiger partial charge in [0, 0.05) is 18.5 Å². The largest absolute Gasteiger partial charge is 0.317 e. The topological polar surface area (TPSA) is 24.1 Å². The van der Waals surface area contributed by atoms with Crippen LogP contribution in [-0.2, 0) is 5.67 Å². The van der Waals surface area contributed by atoms with E-state index in [4.69, 9.17) is 0 Å². The third kappa shape index (κ3) is 2.22. The van der Waals surface area contributed by atoms with Gasteiger partial charge in [-0.3, -0.25) is 0 Å². The fourth-order valence-electron chi connectivity index (χ4n) is 2.74. The molecule has 0 bridgehead atoms. The Morgan fingerprint density at radius 2 is 1.88 bits per heavy atom. The predicted molar refractivity (Wildman–Crippen MR) is 66.7 cm³/mol. The Morgan fingerprint density at radius 1 is 1.18 bits per heavy atom. The van der Waals surface area contributed by atoms with E-state index in [0.717, 1.165) is 31.5 Å². The summed E-state index contributed by atoms with van der Waals surface area (Å²) < 4.78 is 14.6. The van der Waals surface area contributed by atoms with Crippen molar-refractivity contribution >= 4 is 0 Å². The van der Waals surface area contributed by atoms with Crippen LogP contribution in [0.5, 0.6) is 0 Å². The Hall–Kier alpha value is -0.930. The average molecular weight is 234 g/mol. The molecule has 1 aliphatic heterocycles. The molecule has 3 heteroatoms. The lowest BCUT2D eigenvalue weighted by atomic mass is 10.1. The highest BCUT2D eigenvalue weighted by molar-refractivity contribution is 5.32. The number of nitrogens with one attached hydrogen (secondary N) is 2. The third-order valence-corrected chi connectivity index (χ3v) is 3.92. The van der Waals surface area contributed by atoms with Crippen LogP contribution in [0.1, 0.15) is 24.8 Å². The van der Waals surface area contributed by atoms with Gasteiger partial charge in [0.25, 0.3) is 0 Å². The molecule has 2 N–H and O–H groups in total. The van der Waals surface area contributed by atoms with E-state index in [1.165, 1.54) is 0 Å². The van der Waals surface area contributed by atoms with Gasteiger partial charge in [-0.15, -0.1) is 0 Å². The fraction of sp³-hybridized carbons (Fsp3) is 0.571. The summed E-state index contributed by atoms with van der Waals surface area (Å²) in [5.41, 5.74) is -0.294. The maximum atomic E-state index is 14.6. The van der Waals surface area contributed by atoms with Crippen molar-refractivity contribution in [1.29, 1.82) is 0 Å². The van der Waals surface area contributed by atoms with E-state index in [0.29, 0.717) is 12.5 Å². The first-order valence-corrected chi connectivity index (χ1v) is 6.50. The molecule has 2 aliphatic rings. The van der Waals surface area contributed by atoms with Gasteiger partial charge in [-0.2, -0.15) is 0 Å². The van der Waals surface area contributed by atoms with Crippen LogP contribution in [0, 0.1) is 0 Å². The molecule has 1 heterocycles. The molecule has 3 rings (SSSR count). The Labute approximate surface area is 102 Å². The van der Waals surface area contributed by atoms with Crippen LogP contribution in [0.15, 0.2) is 30.3 Å². The second kappa shape index (κ2) is 4.39. The maximum Gasteiger partial charge on any atom is 0.152 e. The summed E-state index contributed by atoms with van der Waals surface area (Å²) in [6, 6.07) is 10.1. The summed E-state index contributed by atoms with van der Waals surface area (Å²) in [6.07, 6.45) is 2.85. The SMILES string of the molecule is F[C@@]1(c2ccccc2)CC1NC1CCNCC1. The zero-order valence-electron chi connectivity index (χ0n) is 9.95. The molecule has 1 unspecified atom stereocenters. The van der Waals surface area contributed by atoms with Gasteiger partial charge < -0.3 is 10.6 Å². The summed E-state index contributed by atoms with van der Waals surface area (Å²) in [5.74, 6) is 0. The number of halogens is 1. The van der Waals surface area contributed by atoms with Gasteiger partial charge in [-0.1, -0.05) is 30.3 Å². The quantitative estimate of drug-likeness (QED) is 0.835. The number of alkyl halides is 1. The molecule has 1 aromatic carbocycles. The first-order chi connectivity index (χ1) is 8.29. The second-order valence-electron chi connectivity index (χ2n) is 5.18. The van der Waals surface area contributed by atoms with Crippen LogP contribution in [0.3, 0.4) is 0 Å². The lowest BCUT2D eigenvalue weighted by molar-refractivity contribution is 0.275. The Kier molecular flexibility index (Phi) is 2.89. The van der Waals surface area contributed by atoms with Gasteiger partial charge in [0.15, 0.2) is 5.67 Å². The van der Waals surface area contributed by atoms with Crippen LogP contribution < -0.4 is 10.6 Å². The van der Waals surface area contributed by atoms with Crippen molar-refractivity contribution in [3.63, 3.8) is 0 Å². The highest BCUT2D eigenvalue weighted by Crippen LogP contribution is 2.50. The van der Waals surface area contributed by atoms with E-state index in [9.17, 15) is 4.39 Å². The van der Waals surface area contributed by atoms with Gasteiger partial charge in [0.1, 0.15) is 0 Å². The molecule has 1 saturated carbocycles. The minimum Gasteiger partial charge on any atom is -0.317 e. The molecule has 1 aliphatic carbocycles. The zero-order chi connectivity index (χ0) is 11.7. The van der Waals surface area contributed by atoms with Crippen molar-refractivity contribution in [1.82, 2.24) is 10.6 Å². The maximum absolute atomic E-state index is 14.6. The summed E-state index contributed by atoms with van der Waals surface area (Å²) in [6.45, 7) is 2.10. The first kappa shape index (κ1) is 11.2. The Bertz CT molecular complexity index is 375. The molecule has 0 radical (unpaired) electrons. The van der Waals surface area contributed by atoms with Crippen molar-refractivity contribution in [2.75, 3.05) is 13.1 Å². The van der Waals surface area contributed by atoms with Crippen LogP contribution in [-0.4, -0.2) is 25.2 Å². The van der Waals surface area contributed by atoms with E-state index >= 15 is 0 Å². The minimum atomic E-state index is -1.12. The highest BCUT2D eigenvalue weighted by atomic mass is 19.1. The number of piperidine rings is 1. The number of hydrogen-bond acceptors (Lipinski definition) is 2. The van der Waals surface area contributed by atoms with E-state index in [1.807, 2.05) is 30.3 Å². The Morgan fingerprint density at radius 3 is 2.59 bits per heavy atom. The minimum absolute atomic E-state index is 0.0213. The fourth-order valence-corrected chi connectivity index (χ4v) is 2.74. The molecule has 1 saturated heterocycles. The second-order valence-corrected chi connectivity index (χ2v) is 5.18. The van der Waals surface area contributed by atoms with Crippen LogP contribution in [0.4, 0.5) is 4.39 Å². The molecule has 17 heavy (non-hydrogen) atoms. The van der Waals surface area contributed by atoms with E-state index in [1.54, 1.807) is 0 Å². The Balaban J connectivity index is 1.61. The normalized spacial score (nSPS) is 33.6. The standard InChI is InChI=1S/C14H19FN2/c15-14(11-4-2-1-3-5-11)10-13(14)17-12-6-8-16-9-7-12/h1-5,12-13,16-17H,6-10H2/t13?,14-/m1/s1. The lowest BCUT2D eigenvalue weighted by Gasteiger charge is -2.24. The number of rotatable bonds is 3. The summed E-state index contributed by atoms with van der Waals surface area (Å²) in [5, 5.41) is 6.79.